The number of methoxy groups -OCH3 is 2. The van der Waals surface area contributed by atoms with Gasteiger partial charge in [0, 0.05) is 25.9 Å². The topological polar surface area (TPSA) is 256 Å². The van der Waals surface area contributed by atoms with Crippen LogP contribution in [0, 0.1) is 0 Å². The molecule has 9 rings (SSSR count). The molecule has 0 amide bonds. The SMILES string of the molecule is CCN(CC)CCNP(=O)(OC[C@H]1O[C@@H](n2cnc3c(N)ncnc32)C[C@@H]1O)O[C@H]1C[C@H](n2cnc3c(N)ncnc32)O[C@@H]1COC(c1ccccc1)(c1ccc(OC)cc1)c1ccc(OC)cc1. The predicted molar refractivity (Wildman–Crippen MR) is 255 cm³/mol. The highest BCUT2D eigenvalue weighted by Gasteiger charge is 2.47. The van der Waals surface area contributed by atoms with Crippen molar-refractivity contribution in [1.82, 2.24) is 49.0 Å². The van der Waals surface area contributed by atoms with Crippen LogP contribution in [0.5, 0.6) is 11.5 Å². The lowest BCUT2D eigenvalue weighted by Gasteiger charge is -2.37. The molecule has 364 valence electrons. The first-order chi connectivity index (χ1) is 33.6. The van der Waals surface area contributed by atoms with Gasteiger partial charge in [0.05, 0.1) is 46.2 Å². The van der Waals surface area contributed by atoms with Crippen LogP contribution in [-0.2, 0) is 33.4 Å². The van der Waals surface area contributed by atoms with E-state index in [-0.39, 0.29) is 44.2 Å². The van der Waals surface area contributed by atoms with Crippen LogP contribution in [0.15, 0.2) is 104 Å². The highest BCUT2D eigenvalue weighted by molar-refractivity contribution is 7.51. The minimum atomic E-state index is -4.26. The Morgan fingerprint density at radius 1 is 0.739 bits per heavy atom. The lowest BCUT2D eigenvalue weighted by atomic mass is 9.80. The van der Waals surface area contributed by atoms with Gasteiger partial charge in [0.1, 0.15) is 71.6 Å². The third kappa shape index (κ3) is 9.87. The second kappa shape index (κ2) is 20.8. The third-order valence-electron chi connectivity index (χ3n) is 12.7. The summed E-state index contributed by atoms with van der Waals surface area (Å²) < 4.78 is 63.5. The molecular formula is C47H57N12O9P. The number of anilines is 2. The standard InChI is InChI=1S/C47H57N12O9P/c1-5-57(6-2)21-20-56-69(61,65-25-37-35(60)22-39(66-37)58-28-54-41-43(48)50-26-52-45(41)58)68-36-23-40(59-29-55-42-44(49)51-27-53-46(42)59)67-38(36)24-64-47(30-10-8-7-9-11-30,31-12-16-33(62-3)17-13-31)32-14-18-34(63-4)19-15-32/h7-19,26-29,35-40,60H,5-6,20-25H2,1-4H3,(H,56,61)(H2,48,50,52)(H2,49,51,53)/t35-,36-,37+,38+,39+,40+,69?/m0/s1. The summed E-state index contributed by atoms with van der Waals surface area (Å²) in [7, 11) is -1.02. The second-order valence-corrected chi connectivity index (χ2v) is 18.4. The monoisotopic (exact) mass is 964 g/mol. The summed E-state index contributed by atoms with van der Waals surface area (Å²) in [5.41, 5.74) is 15.2. The van der Waals surface area contributed by atoms with E-state index in [1.54, 1.807) is 29.7 Å². The van der Waals surface area contributed by atoms with Crippen LogP contribution in [0.3, 0.4) is 0 Å². The third-order valence-corrected chi connectivity index (χ3v) is 14.4. The average molecular weight is 965 g/mol. The molecule has 22 heteroatoms. The van der Waals surface area contributed by atoms with Gasteiger partial charge in [-0.05, 0) is 54.0 Å². The molecule has 0 bridgehead atoms. The number of benzene rings is 3. The Morgan fingerprint density at radius 2 is 1.28 bits per heavy atom. The van der Waals surface area contributed by atoms with E-state index in [0.717, 1.165) is 29.8 Å². The molecule has 7 atom stereocenters. The van der Waals surface area contributed by atoms with E-state index in [9.17, 15) is 5.11 Å². The molecule has 0 radical (unpaired) electrons. The van der Waals surface area contributed by atoms with Gasteiger partial charge < -0.3 is 45.2 Å². The molecule has 0 saturated carbocycles. The number of nitrogens with one attached hydrogen (secondary N) is 1. The number of rotatable bonds is 21. The molecule has 2 aliphatic heterocycles. The summed E-state index contributed by atoms with van der Waals surface area (Å²) in [5, 5.41) is 14.4. The Balaban J connectivity index is 1.05. The number of nitrogen functional groups attached to an aromatic ring is 2. The number of nitrogens with zero attached hydrogens (tertiary/aromatic N) is 9. The number of ether oxygens (including phenoxy) is 5. The Bertz CT molecular complexity index is 2800. The molecule has 1 unspecified atom stereocenters. The van der Waals surface area contributed by atoms with Gasteiger partial charge in [-0.3, -0.25) is 18.2 Å². The van der Waals surface area contributed by atoms with Gasteiger partial charge >= 0.3 is 7.75 Å². The fourth-order valence-corrected chi connectivity index (χ4v) is 10.5. The summed E-state index contributed by atoms with van der Waals surface area (Å²) in [4.78, 5) is 28.0. The van der Waals surface area contributed by atoms with Gasteiger partial charge in [-0.15, -0.1) is 0 Å². The van der Waals surface area contributed by atoms with Gasteiger partial charge in [-0.2, -0.15) is 0 Å². The van der Waals surface area contributed by atoms with E-state index in [2.05, 4.69) is 53.7 Å². The fourth-order valence-electron chi connectivity index (χ4n) is 8.96. The molecule has 2 saturated heterocycles. The second-order valence-electron chi connectivity index (χ2n) is 16.7. The van der Waals surface area contributed by atoms with Gasteiger partial charge in [0.15, 0.2) is 22.9 Å². The Morgan fingerprint density at radius 3 is 1.83 bits per heavy atom. The van der Waals surface area contributed by atoms with Crippen molar-refractivity contribution < 1.29 is 42.4 Å². The molecule has 69 heavy (non-hydrogen) atoms. The van der Waals surface area contributed by atoms with Crippen LogP contribution in [0.4, 0.5) is 11.6 Å². The quantitative estimate of drug-likeness (QED) is 0.0531. The van der Waals surface area contributed by atoms with E-state index in [1.807, 2.05) is 78.9 Å². The van der Waals surface area contributed by atoms with Crippen molar-refractivity contribution >= 4 is 41.7 Å². The largest absolute Gasteiger partial charge is 0.497 e. The first-order valence-electron chi connectivity index (χ1n) is 22.8. The molecule has 6 heterocycles. The van der Waals surface area contributed by atoms with E-state index >= 15 is 4.57 Å². The molecule has 21 nitrogen and oxygen atoms in total. The zero-order valence-electron chi connectivity index (χ0n) is 38.8. The highest BCUT2D eigenvalue weighted by atomic mass is 31.2. The van der Waals surface area contributed by atoms with Gasteiger partial charge in [0.25, 0.3) is 0 Å². The number of aromatic nitrogens is 8. The van der Waals surface area contributed by atoms with Gasteiger partial charge in [0.2, 0.25) is 0 Å². The summed E-state index contributed by atoms with van der Waals surface area (Å²) in [5.74, 6) is 1.78. The van der Waals surface area contributed by atoms with Crippen molar-refractivity contribution in [3.63, 3.8) is 0 Å². The first kappa shape index (κ1) is 47.9. The van der Waals surface area contributed by atoms with Crippen LogP contribution in [0.1, 0.15) is 55.8 Å². The molecule has 6 N–H and O–H groups in total. The number of aliphatic hydroxyl groups is 1. The van der Waals surface area contributed by atoms with E-state index in [0.29, 0.717) is 40.4 Å². The van der Waals surface area contributed by atoms with Crippen LogP contribution >= 0.6 is 7.75 Å². The lowest BCUT2D eigenvalue weighted by molar-refractivity contribution is -0.0923. The van der Waals surface area contributed by atoms with Crippen molar-refractivity contribution in [2.24, 2.45) is 0 Å². The van der Waals surface area contributed by atoms with Gasteiger partial charge in [-0.1, -0.05) is 68.4 Å². The van der Waals surface area contributed by atoms with E-state index < -0.39 is 50.2 Å². The number of hydrogen-bond acceptors (Lipinski definition) is 18. The van der Waals surface area contributed by atoms with Gasteiger partial charge in [-0.25, -0.2) is 39.6 Å². The minimum absolute atomic E-state index is 0.0730. The maximum absolute atomic E-state index is 15.4. The number of hydrogen-bond donors (Lipinski definition) is 4. The number of aliphatic hydroxyl groups excluding tert-OH is 1. The summed E-state index contributed by atoms with van der Waals surface area (Å²) in [6.07, 6.45) is 1.10. The highest BCUT2D eigenvalue weighted by Crippen LogP contribution is 2.51. The van der Waals surface area contributed by atoms with Crippen LogP contribution in [-0.4, -0.2) is 127 Å². The van der Waals surface area contributed by atoms with Crippen molar-refractivity contribution in [3.8, 4) is 11.5 Å². The van der Waals surface area contributed by atoms with E-state index in [1.165, 1.54) is 19.0 Å². The molecule has 2 fully saturated rings. The van der Waals surface area contributed by atoms with Crippen molar-refractivity contribution in [3.05, 3.63) is 121 Å². The zero-order valence-corrected chi connectivity index (χ0v) is 39.7. The average Bonchev–Trinajstić information content (AvgIpc) is 4.19. The Kier molecular flexibility index (Phi) is 14.5. The van der Waals surface area contributed by atoms with Crippen LogP contribution in [0.25, 0.3) is 22.3 Å². The fraction of sp³-hybridized carbons (Fsp3) is 0.404. The van der Waals surface area contributed by atoms with Crippen LogP contribution < -0.4 is 26.0 Å². The molecule has 0 aliphatic carbocycles. The molecule has 4 aromatic heterocycles. The maximum Gasteiger partial charge on any atom is 0.406 e. The molecule has 2 aliphatic rings. The molecule has 3 aromatic carbocycles. The predicted octanol–water partition coefficient (Wildman–Crippen LogP) is 5.23. The first-order valence-corrected chi connectivity index (χ1v) is 24.3. The number of nitrogens with two attached hydrogens (primary N) is 2. The number of imidazole rings is 2. The summed E-state index contributed by atoms with van der Waals surface area (Å²) >= 11 is 0. The zero-order chi connectivity index (χ0) is 48.1. The minimum Gasteiger partial charge on any atom is -0.497 e. The molecule has 7 aromatic rings. The smallest absolute Gasteiger partial charge is 0.406 e. The summed E-state index contributed by atoms with van der Waals surface area (Å²) in [6, 6.07) is 25.3. The van der Waals surface area contributed by atoms with Crippen molar-refractivity contribution in [2.45, 2.75) is 69.2 Å². The number of fused-ring (bicyclic) bond motifs is 2. The van der Waals surface area contributed by atoms with E-state index in [4.69, 9.17) is 44.2 Å². The van der Waals surface area contributed by atoms with Crippen LogP contribution in [0.2, 0.25) is 0 Å². The lowest BCUT2D eigenvalue weighted by Crippen LogP contribution is -2.39. The molecular weight excluding hydrogens is 908 g/mol. The summed E-state index contributed by atoms with van der Waals surface area (Å²) in [6.45, 7) is 6.12. The Labute approximate surface area is 398 Å². The normalized spacial score (nSPS) is 21.6. The van der Waals surface area contributed by atoms with Crippen molar-refractivity contribution in [2.75, 3.05) is 65.1 Å². The Hall–Kier alpha value is -6.13. The van der Waals surface area contributed by atoms with Crippen molar-refractivity contribution in [1.29, 1.82) is 0 Å². The maximum atomic E-state index is 15.4. The molecule has 0 spiro atoms. The number of likely N-dealkylation sites (N-methyl/N-ethyl adjacent to an activating group) is 1.